The molecule has 2 aromatic carbocycles. The van der Waals surface area contributed by atoms with Crippen molar-refractivity contribution in [3.8, 4) is 11.8 Å². The second-order valence-corrected chi connectivity index (χ2v) is 9.81. The van der Waals surface area contributed by atoms with Crippen molar-refractivity contribution in [1.82, 2.24) is 0 Å². The van der Waals surface area contributed by atoms with Crippen LogP contribution in [0.1, 0.15) is 38.8 Å². The molecule has 0 radical (unpaired) electrons. The SMILES string of the molecule is C=C1N(c2ccc(C#N)c(C)c2)C(=S)N(c2ccc(OC3COC(C)(C)OC3)c(F)c2)C1(C)C. The van der Waals surface area contributed by atoms with Crippen LogP contribution in [0, 0.1) is 24.1 Å². The van der Waals surface area contributed by atoms with Gasteiger partial charge in [0.15, 0.2) is 22.5 Å². The molecule has 6 nitrogen and oxygen atoms in total. The van der Waals surface area contributed by atoms with Crippen LogP contribution in [0.25, 0.3) is 0 Å². The quantitative estimate of drug-likeness (QED) is 0.539. The van der Waals surface area contributed by atoms with E-state index in [1.54, 1.807) is 18.2 Å². The number of benzene rings is 2. The fourth-order valence-electron chi connectivity index (χ4n) is 4.12. The first-order valence-corrected chi connectivity index (χ1v) is 11.4. The predicted molar refractivity (Wildman–Crippen MR) is 133 cm³/mol. The Balaban J connectivity index is 1.59. The fourth-order valence-corrected chi connectivity index (χ4v) is 4.67. The standard InChI is InChI=1S/C26H28FN3O3S/c1-16-11-19(8-7-18(16)13-28)29-17(2)25(3,4)30(24(29)34)20-9-10-23(22(27)12-20)33-21-14-31-26(5,6)32-15-21/h7-12,21H,2,14-15H2,1,3-6H3. The third-order valence-corrected chi connectivity index (χ3v) is 6.57. The minimum absolute atomic E-state index is 0.127. The largest absolute Gasteiger partial charge is 0.483 e. The van der Waals surface area contributed by atoms with Crippen LogP contribution in [0.4, 0.5) is 15.8 Å². The monoisotopic (exact) mass is 481 g/mol. The van der Waals surface area contributed by atoms with E-state index < -0.39 is 23.2 Å². The topological polar surface area (TPSA) is 58.0 Å². The minimum atomic E-state index is -0.666. The van der Waals surface area contributed by atoms with Gasteiger partial charge in [-0.15, -0.1) is 0 Å². The molecule has 2 aromatic rings. The molecule has 0 amide bonds. The zero-order valence-corrected chi connectivity index (χ0v) is 20.8. The lowest BCUT2D eigenvalue weighted by Gasteiger charge is -2.35. The number of nitriles is 1. The minimum Gasteiger partial charge on any atom is -0.483 e. The summed E-state index contributed by atoms with van der Waals surface area (Å²) in [6.45, 7) is 14.4. The van der Waals surface area contributed by atoms with Gasteiger partial charge in [0.1, 0.15) is 6.10 Å². The first kappa shape index (κ1) is 24.1. The Labute approximate surface area is 205 Å². The van der Waals surface area contributed by atoms with Crippen LogP contribution in [0.3, 0.4) is 0 Å². The number of halogens is 1. The smallest absolute Gasteiger partial charge is 0.185 e. The second-order valence-electron chi connectivity index (χ2n) is 9.45. The molecule has 178 valence electrons. The summed E-state index contributed by atoms with van der Waals surface area (Å²) >= 11 is 5.82. The normalized spacial score (nSPS) is 19.9. The van der Waals surface area contributed by atoms with Gasteiger partial charge < -0.3 is 19.1 Å². The highest BCUT2D eigenvalue weighted by atomic mass is 32.1. The maximum absolute atomic E-state index is 15.1. The summed E-state index contributed by atoms with van der Waals surface area (Å²) in [6, 6.07) is 12.5. The average molecular weight is 482 g/mol. The molecule has 2 heterocycles. The highest BCUT2D eigenvalue weighted by molar-refractivity contribution is 7.80. The van der Waals surface area contributed by atoms with E-state index in [0.29, 0.717) is 29.6 Å². The number of ether oxygens (including phenoxy) is 3. The number of nitrogens with zero attached hydrogens (tertiary/aromatic N) is 3. The lowest BCUT2D eigenvalue weighted by molar-refractivity contribution is -0.269. The zero-order valence-electron chi connectivity index (χ0n) is 20.0. The van der Waals surface area contributed by atoms with Crippen molar-refractivity contribution in [2.24, 2.45) is 0 Å². The molecule has 34 heavy (non-hydrogen) atoms. The van der Waals surface area contributed by atoms with Crippen LogP contribution in [-0.4, -0.2) is 35.8 Å². The van der Waals surface area contributed by atoms with Gasteiger partial charge in [-0.3, -0.25) is 4.90 Å². The number of rotatable bonds is 4. The molecule has 2 fully saturated rings. The predicted octanol–water partition coefficient (Wildman–Crippen LogP) is 5.44. The van der Waals surface area contributed by atoms with Crippen molar-refractivity contribution in [1.29, 1.82) is 5.26 Å². The van der Waals surface area contributed by atoms with Gasteiger partial charge in [-0.25, -0.2) is 4.39 Å². The Kier molecular flexibility index (Phi) is 6.15. The van der Waals surface area contributed by atoms with Crippen LogP contribution in [0.2, 0.25) is 0 Å². The van der Waals surface area contributed by atoms with Crippen molar-refractivity contribution in [3.63, 3.8) is 0 Å². The molecule has 4 rings (SSSR count). The van der Waals surface area contributed by atoms with Gasteiger partial charge in [0.25, 0.3) is 0 Å². The fraction of sp³-hybridized carbons (Fsp3) is 0.385. The van der Waals surface area contributed by atoms with E-state index in [4.69, 9.17) is 26.4 Å². The van der Waals surface area contributed by atoms with Crippen molar-refractivity contribution in [3.05, 3.63) is 65.6 Å². The lowest BCUT2D eigenvalue weighted by Crippen LogP contribution is -2.44. The lowest BCUT2D eigenvalue weighted by atomic mass is 9.99. The number of aryl methyl sites for hydroxylation is 1. The van der Waals surface area contributed by atoms with E-state index in [9.17, 15) is 5.26 Å². The average Bonchev–Trinajstić information content (AvgIpc) is 2.94. The van der Waals surface area contributed by atoms with E-state index in [2.05, 4.69) is 12.6 Å². The van der Waals surface area contributed by atoms with Crippen LogP contribution in [0.5, 0.6) is 5.75 Å². The first-order valence-electron chi connectivity index (χ1n) is 11.0. The molecular weight excluding hydrogens is 453 g/mol. The van der Waals surface area contributed by atoms with E-state index in [1.807, 2.05) is 56.6 Å². The molecule has 0 saturated carbocycles. The zero-order chi connectivity index (χ0) is 24.8. The molecular formula is C26H28FN3O3S. The van der Waals surface area contributed by atoms with Gasteiger partial charge >= 0.3 is 0 Å². The highest BCUT2D eigenvalue weighted by Gasteiger charge is 2.46. The molecule has 2 aliphatic rings. The van der Waals surface area contributed by atoms with Crippen LogP contribution >= 0.6 is 12.2 Å². The second kappa shape index (κ2) is 8.66. The van der Waals surface area contributed by atoms with Crippen LogP contribution < -0.4 is 14.5 Å². The Bertz CT molecular complexity index is 1190. The van der Waals surface area contributed by atoms with Gasteiger partial charge in [0.2, 0.25) is 0 Å². The first-order chi connectivity index (χ1) is 15.9. The molecule has 8 heteroatoms. The summed E-state index contributed by atoms with van der Waals surface area (Å²) in [4.78, 5) is 3.74. The summed E-state index contributed by atoms with van der Waals surface area (Å²) in [7, 11) is 0. The van der Waals surface area contributed by atoms with Crippen LogP contribution in [0.15, 0.2) is 48.7 Å². The number of hydrogen-bond donors (Lipinski definition) is 0. The summed E-state index contributed by atoms with van der Waals surface area (Å²) in [5.74, 6) is -1.04. The Morgan fingerprint density at radius 3 is 2.35 bits per heavy atom. The van der Waals surface area contributed by atoms with Crippen LogP contribution in [-0.2, 0) is 9.47 Å². The van der Waals surface area contributed by atoms with Gasteiger partial charge in [0, 0.05) is 23.1 Å². The Morgan fingerprint density at radius 1 is 1.12 bits per heavy atom. The molecule has 0 N–H and O–H groups in total. The highest BCUT2D eigenvalue weighted by Crippen LogP contribution is 2.42. The maximum Gasteiger partial charge on any atom is 0.185 e. The number of hydrogen-bond acceptors (Lipinski definition) is 5. The molecule has 0 aliphatic carbocycles. The van der Waals surface area contributed by atoms with Gasteiger partial charge in [-0.05, 0) is 82.7 Å². The summed E-state index contributed by atoms with van der Waals surface area (Å²) < 4.78 is 32.1. The van der Waals surface area contributed by atoms with E-state index in [1.165, 1.54) is 6.07 Å². The number of thiocarbonyl (C=S) groups is 1. The van der Waals surface area contributed by atoms with E-state index in [0.717, 1.165) is 16.9 Å². The molecule has 0 aromatic heterocycles. The molecule has 2 aliphatic heterocycles. The Morgan fingerprint density at radius 2 is 1.76 bits per heavy atom. The Hall–Kier alpha value is -2.99. The molecule has 0 atom stereocenters. The van der Waals surface area contributed by atoms with Gasteiger partial charge in [0.05, 0.1) is 30.4 Å². The number of anilines is 2. The van der Waals surface area contributed by atoms with Crippen molar-refractivity contribution < 1.29 is 18.6 Å². The molecule has 0 bridgehead atoms. The third-order valence-electron chi connectivity index (χ3n) is 6.21. The summed E-state index contributed by atoms with van der Waals surface area (Å²) in [5, 5.41) is 9.73. The molecule has 0 spiro atoms. The molecule has 2 saturated heterocycles. The van der Waals surface area contributed by atoms with Crippen molar-refractivity contribution >= 4 is 28.7 Å². The molecule has 0 unspecified atom stereocenters. The third kappa shape index (κ3) is 4.27. The van der Waals surface area contributed by atoms with Gasteiger partial charge in [-0.2, -0.15) is 5.26 Å². The van der Waals surface area contributed by atoms with Gasteiger partial charge in [-0.1, -0.05) is 6.58 Å². The van der Waals surface area contributed by atoms with E-state index >= 15 is 4.39 Å². The maximum atomic E-state index is 15.1. The van der Waals surface area contributed by atoms with Crippen molar-refractivity contribution in [2.75, 3.05) is 23.0 Å². The summed E-state index contributed by atoms with van der Waals surface area (Å²) in [6.07, 6.45) is -0.396. The van der Waals surface area contributed by atoms with Crippen molar-refractivity contribution in [2.45, 2.75) is 52.0 Å². The van der Waals surface area contributed by atoms with E-state index in [-0.39, 0.29) is 5.75 Å². The summed E-state index contributed by atoms with van der Waals surface area (Å²) in [5.41, 5.74) is 2.99.